The normalized spacial score (nSPS) is 19.6. The molecule has 27 heavy (non-hydrogen) atoms. The molecule has 0 spiro atoms. The third kappa shape index (κ3) is 4.02. The highest BCUT2D eigenvalue weighted by Gasteiger charge is 2.26. The van der Waals surface area contributed by atoms with Crippen LogP contribution < -0.4 is 20.7 Å². The Hall–Kier alpha value is -2.69. The lowest BCUT2D eigenvalue weighted by atomic mass is 9.95. The number of benzene rings is 2. The second-order valence-corrected chi connectivity index (χ2v) is 7.45. The predicted molar refractivity (Wildman–Crippen MR) is 112 cm³/mol. The Kier molecular flexibility index (Phi) is 5.59. The lowest BCUT2D eigenvalue weighted by molar-refractivity contribution is 0.102. The van der Waals surface area contributed by atoms with E-state index in [0.29, 0.717) is 34.8 Å². The van der Waals surface area contributed by atoms with Crippen LogP contribution in [0.2, 0.25) is 0 Å². The molecule has 5 nitrogen and oxygen atoms in total. The summed E-state index contributed by atoms with van der Waals surface area (Å²) in [4.78, 5) is 15.2. The summed E-state index contributed by atoms with van der Waals surface area (Å²) in [6.45, 7) is 6.60. The van der Waals surface area contributed by atoms with Gasteiger partial charge in [-0.1, -0.05) is 6.07 Å². The van der Waals surface area contributed by atoms with Crippen LogP contribution in [0.5, 0.6) is 5.75 Å². The molecule has 5 heteroatoms. The number of aryl methyl sites for hydroxylation is 1. The zero-order valence-electron chi connectivity index (χ0n) is 16.6. The molecule has 0 saturated carbocycles. The fourth-order valence-corrected chi connectivity index (χ4v) is 3.96. The monoisotopic (exact) mass is 367 g/mol. The molecule has 1 aliphatic heterocycles. The fraction of sp³-hybridized carbons (Fsp3) is 0.409. The highest BCUT2D eigenvalue weighted by atomic mass is 16.5. The first kappa shape index (κ1) is 19.1. The molecule has 3 N–H and O–H groups in total. The van der Waals surface area contributed by atoms with Gasteiger partial charge in [0.1, 0.15) is 5.75 Å². The standard InChI is InChI=1S/C22H29N3O2/c1-14-11-19(23)20(13-21(14)25-15(2)7-5-8-16(25)3)24-22(26)17-9-6-10-18(12-17)27-4/h6,9-13,15-16H,5,7-8,23H2,1-4H3,(H,24,26)/t15-,16-/m0/s1. The minimum Gasteiger partial charge on any atom is -0.497 e. The maximum absolute atomic E-state index is 12.7. The molecule has 0 aromatic heterocycles. The number of nitrogens with zero attached hydrogens (tertiary/aromatic N) is 1. The summed E-state index contributed by atoms with van der Waals surface area (Å²) in [5, 5.41) is 2.97. The molecule has 2 aromatic carbocycles. The van der Waals surface area contributed by atoms with Gasteiger partial charge in [0.25, 0.3) is 5.91 Å². The molecule has 1 aliphatic rings. The Labute approximate surface area is 161 Å². The first-order chi connectivity index (χ1) is 12.9. The van der Waals surface area contributed by atoms with Gasteiger partial charge in [-0.15, -0.1) is 0 Å². The topological polar surface area (TPSA) is 67.6 Å². The number of ether oxygens (including phenoxy) is 1. The van der Waals surface area contributed by atoms with Gasteiger partial charge in [-0.25, -0.2) is 0 Å². The maximum Gasteiger partial charge on any atom is 0.255 e. The van der Waals surface area contributed by atoms with Gasteiger partial charge in [0.05, 0.1) is 18.5 Å². The van der Waals surface area contributed by atoms with Crippen LogP contribution in [0.25, 0.3) is 0 Å². The van der Waals surface area contributed by atoms with E-state index in [1.54, 1.807) is 25.3 Å². The van der Waals surface area contributed by atoms with E-state index in [1.165, 1.54) is 19.3 Å². The molecule has 1 saturated heterocycles. The molecule has 0 aliphatic carbocycles. The zero-order valence-corrected chi connectivity index (χ0v) is 16.6. The lowest BCUT2D eigenvalue weighted by Gasteiger charge is -2.42. The van der Waals surface area contributed by atoms with E-state index in [1.807, 2.05) is 18.2 Å². The molecule has 0 unspecified atom stereocenters. The van der Waals surface area contributed by atoms with Crippen molar-refractivity contribution in [3.05, 3.63) is 47.5 Å². The molecule has 3 rings (SSSR count). The number of anilines is 3. The number of nitrogens with one attached hydrogen (secondary N) is 1. The van der Waals surface area contributed by atoms with Gasteiger partial charge in [0.15, 0.2) is 0 Å². The van der Waals surface area contributed by atoms with Gasteiger partial charge in [0, 0.05) is 23.3 Å². The smallest absolute Gasteiger partial charge is 0.255 e. The molecule has 1 amide bonds. The van der Waals surface area contributed by atoms with Gasteiger partial charge in [-0.05, 0) is 75.9 Å². The highest BCUT2D eigenvalue weighted by Crippen LogP contribution is 2.36. The van der Waals surface area contributed by atoms with Crippen molar-refractivity contribution in [1.29, 1.82) is 0 Å². The Balaban J connectivity index is 1.90. The summed E-state index contributed by atoms with van der Waals surface area (Å²) < 4.78 is 5.21. The van der Waals surface area contributed by atoms with E-state index >= 15 is 0 Å². The van der Waals surface area contributed by atoms with E-state index in [9.17, 15) is 4.79 Å². The van der Waals surface area contributed by atoms with E-state index in [-0.39, 0.29) is 5.91 Å². The SMILES string of the molecule is COc1cccc(C(=O)Nc2cc(N3[C@@H](C)CCC[C@@H]3C)c(C)cc2N)c1. The average molecular weight is 367 g/mol. The molecule has 144 valence electrons. The van der Waals surface area contributed by atoms with Crippen molar-refractivity contribution in [2.75, 3.05) is 23.1 Å². The van der Waals surface area contributed by atoms with Crippen molar-refractivity contribution in [2.45, 2.75) is 52.1 Å². The molecule has 1 fully saturated rings. The van der Waals surface area contributed by atoms with Crippen molar-refractivity contribution in [2.24, 2.45) is 0 Å². The Morgan fingerprint density at radius 2 is 1.89 bits per heavy atom. The maximum atomic E-state index is 12.7. The van der Waals surface area contributed by atoms with Gasteiger partial charge in [-0.2, -0.15) is 0 Å². The number of piperidine rings is 1. The number of carbonyl (C=O) groups is 1. The quantitative estimate of drug-likeness (QED) is 0.775. The first-order valence-corrected chi connectivity index (χ1v) is 9.54. The number of amides is 1. The van der Waals surface area contributed by atoms with Crippen molar-refractivity contribution in [3.8, 4) is 5.75 Å². The molecule has 1 heterocycles. The summed E-state index contributed by atoms with van der Waals surface area (Å²) in [7, 11) is 1.59. The van der Waals surface area contributed by atoms with E-state index in [2.05, 4.69) is 31.0 Å². The van der Waals surface area contributed by atoms with E-state index in [0.717, 1.165) is 11.3 Å². The Morgan fingerprint density at radius 3 is 2.56 bits per heavy atom. The minimum atomic E-state index is -0.199. The van der Waals surface area contributed by atoms with Crippen LogP contribution in [0, 0.1) is 6.92 Å². The van der Waals surface area contributed by atoms with Gasteiger partial charge < -0.3 is 20.7 Å². The van der Waals surface area contributed by atoms with Gasteiger partial charge in [-0.3, -0.25) is 4.79 Å². The average Bonchev–Trinajstić information content (AvgIpc) is 2.65. The first-order valence-electron chi connectivity index (χ1n) is 9.54. The van der Waals surface area contributed by atoms with Crippen LogP contribution in [0.1, 0.15) is 49.0 Å². The van der Waals surface area contributed by atoms with Crippen molar-refractivity contribution < 1.29 is 9.53 Å². The molecule has 0 bridgehead atoms. The van der Waals surface area contributed by atoms with Gasteiger partial charge in [0.2, 0.25) is 0 Å². The molecule has 2 aromatic rings. The summed E-state index contributed by atoms with van der Waals surface area (Å²) in [6, 6.07) is 12.0. The second kappa shape index (κ2) is 7.91. The summed E-state index contributed by atoms with van der Waals surface area (Å²) in [5.74, 6) is 0.450. The van der Waals surface area contributed by atoms with Crippen LogP contribution in [0.4, 0.5) is 17.1 Å². The summed E-state index contributed by atoms with van der Waals surface area (Å²) in [5.41, 5.74) is 10.2. The third-order valence-corrected chi connectivity index (χ3v) is 5.42. The number of methoxy groups -OCH3 is 1. The highest BCUT2D eigenvalue weighted by molar-refractivity contribution is 6.06. The third-order valence-electron chi connectivity index (χ3n) is 5.42. The van der Waals surface area contributed by atoms with E-state index < -0.39 is 0 Å². The largest absolute Gasteiger partial charge is 0.497 e. The van der Waals surface area contributed by atoms with Crippen molar-refractivity contribution >= 4 is 23.0 Å². The van der Waals surface area contributed by atoms with Crippen LogP contribution in [0.15, 0.2) is 36.4 Å². The zero-order chi connectivity index (χ0) is 19.6. The number of nitrogens with two attached hydrogens (primary N) is 1. The fourth-order valence-electron chi connectivity index (χ4n) is 3.96. The Morgan fingerprint density at radius 1 is 1.19 bits per heavy atom. The number of nitrogen functional groups attached to an aromatic ring is 1. The second-order valence-electron chi connectivity index (χ2n) is 7.45. The number of hydrogen-bond donors (Lipinski definition) is 2. The van der Waals surface area contributed by atoms with Crippen LogP contribution >= 0.6 is 0 Å². The van der Waals surface area contributed by atoms with Crippen LogP contribution in [-0.4, -0.2) is 25.1 Å². The van der Waals surface area contributed by atoms with Crippen LogP contribution in [-0.2, 0) is 0 Å². The summed E-state index contributed by atoms with van der Waals surface area (Å²) in [6.07, 6.45) is 3.62. The van der Waals surface area contributed by atoms with Crippen molar-refractivity contribution in [1.82, 2.24) is 0 Å². The van der Waals surface area contributed by atoms with Crippen molar-refractivity contribution in [3.63, 3.8) is 0 Å². The number of carbonyl (C=O) groups excluding carboxylic acids is 1. The van der Waals surface area contributed by atoms with Gasteiger partial charge >= 0.3 is 0 Å². The van der Waals surface area contributed by atoms with Crippen LogP contribution in [0.3, 0.4) is 0 Å². The summed E-state index contributed by atoms with van der Waals surface area (Å²) >= 11 is 0. The molecular weight excluding hydrogens is 338 g/mol. The molecule has 2 atom stereocenters. The van der Waals surface area contributed by atoms with E-state index in [4.69, 9.17) is 10.5 Å². The lowest BCUT2D eigenvalue weighted by Crippen LogP contribution is -2.44. The minimum absolute atomic E-state index is 0.199. The Bertz CT molecular complexity index is 824. The number of rotatable bonds is 4. The predicted octanol–water partition coefficient (Wildman–Crippen LogP) is 4.61. The number of hydrogen-bond acceptors (Lipinski definition) is 4. The molecule has 0 radical (unpaired) electrons. The molecular formula is C22H29N3O2.